The monoisotopic (exact) mass is 1270 g/mol. The maximum absolute atomic E-state index is 12.9. The maximum atomic E-state index is 12.9. The number of nitrogens with zero attached hydrogens (tertiary/aromatic N) is 1. The van der Waals surface area contributed by atoms with E-state index in [0.29, 0.717) is 23.9 Å². The van der Waals surface area contributed by atoms with Gasteiger partial charge in [0.25, 0.3) is 6.29 Å². The molecule has 0 rings (SSSR count). The summed E-state index contributed by atoms with van der Waals surface area (Å²) in [4.78, 5) is 37.6. The highest BCUT2D eigenvalue weighted by molar-refractivity contribution is 5.71. The number of carbonyl (C=O) groups excluding carboxylic acids is 2. The largest absolute Gasteiger partial charge is 0.477 e. The Bertz CT molecular complexity index is 2010. The molecule has 9 heteroatoms. The summed E-state index contributed by atoms with van der Waals surface area (Å²) in [5.74, 6) is -2.04. The van der Waals surface area contributed by atoms with E-state index in [4.69, 9.17) is 18.9 Å². The standard InChI is InChI=1S/C82H137NO8/c1-6-8-10-12-14-16-18-20-22-24-26-28-30-32-33-34-35-36-37-38-39-40-41-42-43-44-45-46-47-49-51-53-55-57-59-61-63-65-67-69-71-73-80(85)91-78(77-90-82(81(86)87)88-75-74-83(3,4)5)76-89-79(84)72-70-68-66-64-62-60-58-56-54-52-50-48-31-29-27-25-23-21-19-17-15-13-11-9-7-2/h8,10,14,16,20,22,26,28,32-33,35-36,38-39,41-42,44-45,47,49,53,55,59,61,78,82H,6-7,9,11-13,15,17-19,21,23-25,27,29-31,34,37,40,43,46,48,50-52,54,56-58,60,62-77H2,1-5H3/p+1/b10-8-,16-14-,22-20-,28-26-,33-32-,36-35-,39-38-,42-41-,45-44-,49-47-,55-53-,61-59-. The van der Waals surface area contributed by atoms with Crippen molar-refractivity contribution in [1.82, 2.24) is 0 Å². The first-order valence-electron chi connectivity index (χ1n) is 37.0. The van der Waals surface area contributed by atoms with Crippen molar-refractivity contribution in [3.63, 3.8) is 0 Å². The van der Waals surface area contributed by atoms with Crippen LogP contribution < -0.4 is 0 Å². The number of ether oxygens (including phenoxy) is 4. The number of quaternary nitrogens is 1. The molecule has 0 aromatic heterocycles. The van der Waals surface area contributed by atoms with E-state index in [9.17, 15) is 19.5 Å². The molecule has 0 aromatic rings. The zero-order valence-corrected chi connectivity index (χ0v) is 59.2. The van der Waals surface area contributed by atoms with Crippen molar-refractivity contribution in [2.24, 2.45) is 0 Å². The molecule has 518 valence electrons. The van der Waals surface area contributed by atoms with E-state index in [2.05, 4.69) is 160 Å². The highest BCUT2D eigenvalue weighted by Crippen LogP contribution is 2.17. The van der Waals surface area contributed by atoms with Crippen LogP contribution in [-0.4, -0.2) is 87.4 Å². The molecule has 0 aromatic carbocycles. The van der Waals surface area contributed by atoms with E-state index in [-0.39, 0.29) is 32.2 Å². The van der Waals surface area contributed by atoms with Crippen LogP contribution in [0.25, 0.3) is 0 Å². The second kappa shape index (κ2) is 71.0. The molecule has 0 amide bonds. The Labute approximate surface area is 560 Å². The second-order valence-corrected chi connectivity index (χ2v) is 25.5. The lowest BCUT2D eigenvalue weighted by molar-refractivity contribution is -0.870. The number of hydrogen-bond acceptors (Lipinski definition) is 7. The predicted molar refractivity (Wildman–Crippen MR) is 391 cm³/mol. The molecule has 0 fully saturated rings. The molecule has 0 heterocycles. The quantitative estimate of drug-likeness (QED) is 0.0211. The number of carbonyl (C=O) groups is 3. The molecule has 2 unspecified atom stereocenters. The Balaban J connectivity index is 4.20. The lowest BCUT2D eigenvalue weighted by Crippen LogP contribution is -2.40. The number of carboxylic acids is 1. The number of likely N-dealkylation sites (N-methyl/N-ethyl adjacent to an activating group) is 1. The van der Waals surface area contributed by atoms with Crippen molar-refractivity contribution in [2.75, 3.05) is 47.5 Å². The summed E-state index contributed by atoms with van der Waals surface area (Å²) in [6, 6.07) is 0. The minimum Gasteiger partial charge on any atom is -0.477 e. The maximum Gasteiger partial charge on any atom is 0.361 e. The van der Waals surface area contributed by atoms with Crippen molar-refractivity contribution in [3.8, 4) is 0 Å². The Morgan fingerprint density at radius 2 is 0.626 bits per heavy atom. The van der Waals surface area contributed by atoms with Gasteiger partial charge in [0.05, 0.1) is 34.4 Å². The highest BCUT2D eigenvalue weighted by Gasteiger charge is 2.25. The molecule has 0 radical (unpaired) electrons. The normalized spacial score (nSPS) is 13.5. The Morgan fingerprint density at radius 1 is 0.341 bits per heavy atom. The zero-order chi connectivity index (χ0) is 66.1. The van der Waals surface area contributed by atoms with Gasteiger partial charge in [0, 0.05) is 12.8 Å². The van der Waals surface area contributed by atoms with Crippen LogP contribution >= 0.6 is 0 Å². The first-order chi connectivity index (χ1) is 44.6. The molecule has 0 saturated carbocycles. The van der Waals surface area contributed by atoms with Crippen LogP contribution in [0.3, 0.4) is 0 Å². The first-order valence-corrected chi connectivity index (χ1v) is 37.0. The molecule has 0 aliphatic carbocycles. The van der Waals surface area contributed by atoms with Gasteiger partial charge in [-0.15, -0.1) is 0 Å². The second-order valence-electron chi connectivity index (χ2n) is 25.5. The van der Waals surface area contributed by atoms with E-state index in [1.807, 2.05) is 21.1 Å². The van der Waals surface area contributed by atoms with E-state index in [1.54, 1.807) is 0 Å². The third-order valence-electron chi connectivity index (χ3n) is 15.6. The number of esters is 2. The molecule has 0 bridgehead atoms. The van der Waals surface area contributed by atoms with Gasteiger partial charge in [0.2, 0.25) is 0 Å². The molecule has 9 nitrogen and oxygen atoms in total. The van der Waals surface area contributed by atoms with Crippen molar-refractivity contribution in [3.05, 3.63) is 146 Å². The minimum atomic E-state index is -1.53. The Morgan fingerprint density at radius 3 is 0.934 bits per heavy atom. The molecule has 0 aliphatic rings. The Kier molecular flexibility index (Phi) is 67.3. The average molecular weight is 1270 g/mol. The molecule has 2 atom stereocenters. The first kappa shape index (κ1) is 86.2. The fourth-order valence-electron chi connectivity index (χ4n) is 10.00. The summed E-state index contributed by atoms with van der Waals surface area (Å²) in [6.07, 6.45) is 101. The SMILES string of the molecule is CC/C=C\C/C=C\C/C=C\C/C=C\C/C=C\C/C=C\C/C=C\C/C=C\C/C=C\C/C=C\C/C=C\C/C=C\CCCCCCC(=O)OC(COC(=O)CCCCCCCCCCCCCCCCCCCCCCCCCCC)COC(OCC[N+](C)(C)C)C(=O)O. The number of rotatable bonds is 67. The number of allylic oxidation sites excluding steroid dienone is 24. The third-order valence-corrected chi connectivity index (χ3v) is 15.6. The van der Waals surface area contributed by atoms with Gasteiger partial charge in [-0.3, -0.25) is 9.59 Å². The molecule has 1 N–H and O–H groups in total. The summed E-state index contributed by atoms with van der Waals surface area (Å²) in [6.45, 7) is 4.75. The van der Waals surface area contributed by atoms with Crippen molar-refractivity contribution < 1.29 is 42.9 Å². The van der Waals surface area contributed by atoms with Crippen LogP contribution in [0, 0.1) is 0 Å². The number of unbranched alkanes of at least 4 members (excludes halogenated alkanes) is 28. The van der Waals surface area contributed by atoms with E-state index >= 15 is 0 Å². The van der Waals surface area contributed by atoms with Crippen LogP contribution in [0.1, 0.15) is 296 Å². The van der Waals surface area contributed by atoms with Crippen molar-refractivity contribution in [1.29, 1.82) is 0 Å². The minimum absolute atomic E-state index is 0.177. The Hall–Kier alpha value is -4.83. The molecule has 0 saturated heterocycles. The lowest BCUT2D eigenvalue weighted by Gasteiger charge is -2.25. The number of carboxylic acid groups (broad SMARTS) is 1. The summed E-state index contributed by atoms with van der Waals surface area (Å²) < 4.78 is 23.0. The van der Waals surface area contributed by atoms with Gasteiger partial charge in [-0.25, -0.2) is 4.79 Å². The van der Waals surface area contributed by atoms with Gasteiger partial charge >= 0.3 is 17.9 Å². The van der Waals surface area contributed by atoms with Gasteiger partial charge in [-0.05, 0) is 103 Å². The van der Waals surface area contributed by atoms with Crippen LogP contribution in [0.5, 0.6) is 0 Å². The van der Waals surface area contributed by atoms with Crippen LogP contribution in [-0.2, 0) is 33.3 Å². The molecule has 91 heavy (non-hydrogen) atoms. The van der Waals surface area contributed by atoms with E-state index < -0.39 is 24.3 Å². The average Bonchev–Trinajstić information content (AvgIpc) is 3.53. The molecular weight excluding hydrogens is 1130 g/mol. The summed E-state index contributed by atoms with van der Waals surface area (Å²) in [5, 5.41) is 9.75. The predicted octanol–water partition coefficient (Wildman–Crippen LogP) is 23.5. The van der Waals surface area contributed by atoms with Gasteiger partial charge in [0.15, 0.2) is 6.10 Å². The summed E-state index contributed by atoms with van der Waals surface area (Å²) in [7, 11) is 5.96. The topological polar surface area (TPSA) is 108 Å². The highest BCUT2D eigenvalue weighted by atomic mass is 16.7. The van der Waals surface area contributed by atoms with Gasteiger partial charge in [-0.2, -0.15) is 0 Å². The number of hydrogen-bond donors (Lipinski definition) is 1. The molecule has 0 aliphatic heterocycles. The van der Waals surface area contributed by atoms with Gasteiger partial charge in [0.1, 0.15) is 13.2 Å². The zero-order valence-electron chi connectivity index (χ0n) is 59.2. The van der Waals surface area contributed by atoms with Gasteiger partial charge < -0.3 is 28.5 Å². The fraction of sp³-hybridized carbons (Fsp3) is 0.671. The smallest absolute Gasteiger partial charge is 0.361 e. The summed E-state index contributed by atoms with van der Waals surface area (Å²) in [5.41, 5.74) is 0. The van der Waals surface area contributed by atoms with Crippen molar-refractivity contribution >= 4 is 17.9 Å². The lowest BCUT2D eigenvalue weighted by atomic mass is 10.0. The van der Waals surface area contributed by atoms with E-state index in [0.717, 1.165) is 122 Å². The van der Waals surface area contributed by atoms with Crippen LogP contribution in [0.4, 0.5) is 0 Å². The number of aliphatic carboxylic acids is 1. The van der Waals surface area contributed by atoms with Crippen LogP contribution in [0.2, 0.25) is 0 Å². The molecule has 0 spiro atoms. The fourth-order valence-corrected chi connectivity index (χ4v) is 10.00. The molecular formula is C82H138NO8+. The summed E-state index contributed by atoms with van der Waals surface area (Å²) >= 11 is 0. The van der Waals surface area contributed by atoms with E-state index in [1.165, 1.54) is 141 Å². The third kappa shape index (κ3) is 72.5. The van der Waals surface area contributed by atoms with Crippen LogP contribution in [0.15, 0.2) is 146 Å². The van der Waals surface area contributed by atoms with Gasteiger partial charge in [-0.1, -0.05) is 327 Å². The van der Waals surface area contributed by atoms with Crippen molar-refractivity contribution in [2.45, 2.75) is 309 Å².